The number of nitrogens with zero attached hydrogens (tertiary/aromatic N) is 1. The molecule has 0 saturated heterocycles. The predicted molar refractivity (Wildman–Crippen MR) is 70.9 cm³/mol. The highest BCUT2D eigenvalue weighted by Gasteiger charge is 2.44. The Hall–Kier alpha value is -1.85. The summed E-state index contributed by atoms with van der Waals surface area (Å²) in [5.74, 6) is -2.94. The fraction of sp³-hybridized carbons (Fsp3) is 0.467. The first-order chi connectivity index (χ1) is 9.86. The molecule has 1 aliphatic heterocycles. The van der Waals surface area contributed by atoms with Gasteiger partial charge in [0.25, 0.3) is 11.8 Å². The topological polar surface area (TPSA) is 37.4 Å². The molecule has 0 aliphatic carbocycles. The van der Waals surface area contributed by atoms with Gasteiger partial charge in [-0.1, -0.05) is 31.9 Å². The quantitative estimate of drug-likeness (QED) is 0.778. The van der Waals surface area contributed by atoms with Gasteiger partial charge in [0, 0.05) is 6.54 Å². The molecule has 21 heavy (non-hydrogen) atoms. The van der Waals surface area contributed by atoms with E-state index in [0.717, 1.165) is 4.90 Å². The molecule has 1 aromatic rings. The second-order valence-electron chi connectivity index (χ2n) is 5.15. The number of imide groups is 1. The van der Waals surface area contributed by atoms with Crippen molar-refractivity contribution in [3.8, 4) is 0 Å². The van der Waals surface area contributed by atoms with Gasteiger partial charge in [0.15, 0.2) is 0 Å². The predicted octanol–water partition coefficient (Wildman–Crippen LogP) is 3.65. The number of hydrogen-bond donors (Lipinski definition) is 0. The van der Waals surface area contributed by atoms with Crippen LogP contribution in [0.5, 0.6) is 0 Å². The molecule has 0 N–H and O–H groups in total. The Bertz CT molecular complexity index is 519. The SMILES string of the molecule is CCCCC(CN1C(=O)c2ccccc2C1=O)C(F)(F)F. The van der Waals surface area contributed by atoms with E-state index in [2.05, 4.69) is 0 Å². The Morgan fingerprint density at radius 2 is 1.62 bits per heavy atom. The van der Waals surface area contributed by atoms with Crippen molar-refractivity contribution in [1.82, 2.24) is 4.90 Å². The maximum atomic E-state index is 13.0. The van der Waals surface area contributed by atoms with Crippen LogP contribution in [0.3, 0.4) is 0 Å². The average molecular weight is 299 g/mol. The van der Waals surface area contributed by atoms with Crippen molar-refractivity contribution in [2.24, 2.45) is 5.92 Å². The van der Waals surface area contributed by atoms with Crippen LogP contribution < -0.4 is 0 Å². The zero-order valence-corrected chi connectivity index (χ0v) is 11.6. The number of halogens is 3. The van der Waals surface area contributed by atoms with Gasteiger partial charge in [0.05, 0.1) is 17.0 Å². The fourth-order valence-electron chi connectivity index (χ4n) is 2.43. The van der Waals surface area contributed by atoms with Gasteiger partial charge in [-0.05, 0) is 18.6 Å². The first-order valence-corrected chi connectivity index (χ1v) is 6.88. The van der Waals surface area contributed by atoms with E-state index in [4.69, 9.17) is 0 Å². The summed E-state index contributed by atoms with van der Waals surface area (Å²) in [5.41, 5.74) is 0.359. The molecule has 1 aromatic carbocycles. The Balaban J connectivity index is 2.19. The molecule has 2 amide bonds. The molecule has 0 spiro atoms. The second-order valence-corrected chi connectivity index (χ2v) is 5.15. The normalized spacial score (nSPS) is 16.3. The lowest BCUT2D eigenvalue weighted by atomic mass is 10.0. The third-order valence-electron chi connectivity index (χ3n) is 3.65. The molecule has 6 heteroatoms. The number of alkyl halides is 3. The number of carbonyl (C=O) groups is 2. The van der Waals surface area contributed by atoms with Crippen molar-refractivity contribution in [3.63, 3.8) is 0 Å². The van der Waals surface area contributed by atoms with E-state index in [1.54, 1.807) is 19.1 Å². The van der Waals surface area contributed by atoms with Crippen molar-refractivity contribution in [1.29, 1.82) is 0 Å². The van der Waals surface area contributed by atoms with Crippen LogP contribution in [0.2, 0.25) is 0 Å². The molecule has 1 heterocycles. The summed E-state index contributed by atoms with van der Waals surface area (Å²) in [7, 11) is 0. The van der Waals surface area contributed by atoms with Gasteiger partial charge < -0.3 is 0 Å². The lowest BCUT2D eigenvalue weighted by molar-refractivity contribution is -0.178. The summed E-state index contributed by atoms with van der Waals surface area (Å²) in [6, 6.07) is 6.10. The smallest absolute Gasteiger partial charge is 0.274 e. The summed E-state index contributed by atoms with van der Waals surface area (Å²) in [5, 5.41) is 0. The van der Waals surface area contributed by atoms with E-state index in [1.165, 1.54) is 12.1 Å². The lowest BCUT2D eigenvalue weighted by Gasteiger charge is -2.24. The van der Waals surface area contributed by atoms with Crippen molar-refractivity contribution in [2.75, 3.05) is 6.54 Å². The first kappa shape index (κ1) is 15.5. The lowest BCUT2D eigenvalue weighted by Crippen LogP contribution is -2.40. The van der Waals surface area contributed by atoms with Crippen LogP contribution in [0.1, 0.15) is 46.9 Å². The van der Waals surface area contributed by atoms with Crippen molar-refractivity contribution in [2.45, 2.75) is 32.4 Å². The van der Waals surface area contributed by atoms with Crippen molar-refractivity contribution in [3.05, 3.63) is 35.4 Å². The molecule has 0 radical (unpaired) electrons. The molecule has 3 nitrogen and oxygen atoms in total. The van der Waals surface area contributed by atoms with Gasteiger partial charge in [0.1, 0.15) is 0 Å². The van der Waals surface area contributed by atoms with Crippen LogP contribution >= 0.6 is 0 Å². The number of hydrogen-bond acceptors (Lipinski definition) is 2. The zero-order valence-electron chi connectivity index (χ0n) is 11.6. The van der Waals surface area contributed by atoms with E-state index in [-0.39, 0.29) is 17.5 Å². The van der Waals surface area contributed by atoms with Gasteiger partial charge in [0.2, 0.25) is 0 Å². The number of rotatable bonds is 5. The van der Waals surface area contributed by atoms with E-state index in [9.17, 15) is 22.8 Å². The van der Waals surface area contributed by atoms with E-state index < -0.39 is 30.5 Å². The highest BCUT2D eigenvalue weighted by atomic mass is 19.4. The summed E-state index contributed by atoms with van der Waals surface area (Å²) in [6.07, 6.45) is -3.44. The van der Waals surface area contributed by atoms with Crippen LogP contribution in [0, 0.1) is 5.92 Å². The Morgan fingerprint density at radius 3 is 2.05 bits per heavy atom. The third-order valence-corrected chi connectivity index (χ3v) is 3.65. The highest BCUT2D eigenvalue weighted by molar-refractivity contribution is 6.21. The van der Waals surface area contributed by atoms with E-state index in [0.29, 0.717) is 12.8 Å². The van der Waals surface area contributed by atoms with Crippen LogP contribution in [-0.2, 0) is 0 Å². The first-order valence-electron chi connectivity index (χ1n) is 6.88. The number of amides is 2. The highest BCUT2D eigenvalue weighted by Crippen LogP contribution is 2.33. The Kier molecular flexibility index (Phi) is 4.34. The summed E-state index contributed by atoms with van der Waals surface area (Å²) in [4.78, 5) is 24.9. The molecule has 2 rings (SSSR count). The second kappa shape index (κ2) is 5.87. The zero-order chi connectivity index (χ0) is 15.6. The molecular formula is C15H16F3NO2. The van der Waals surface area contributed by atoms with Crippen LogP contribution in [0.25, 0.3) is 0 Å². The molecule has 0 saturated carbocycles. The summed E-state index contributed by atoms with van der Waals surface area (Å²) in [6.45, 7) is 1.20. The minimum atomic E-state index is -4.41. The fourth-order valence-corrected chi connectivity index (χ4v) is 2.43. The maximum Gasteiger partial charge on any atom is 0.393 e. The largest absolute Gasteiger partial charge is 0.393 e. The minimum Gasteiger partial charge on any atom is -0.274 e. The van der Waals surface area contributed by atoms with Crippen LogP contribution in [0.15, 0.2) is 24.3 Å². The van der Waals surface area contributed by atoms with Crippen LogP contribution in [0.4, 0.5) is 13.2 Å². The van der Waals surface area contributed by atoms with Gasteiger partial charge in [-0.2, -0.15) is 13.2 Å². The monoisotopic (exact) mass is 299 g/mol. The Morgan fingerprint density at radius 1 is 1.10 bits per heavy atom. The third kappa shape index (κ3) is 3.09. The molecular weight excluding hydrogens is 283 g/mol. The van der Waals surface area contributed by atoms with Crippen molar-refractivity contribution < 1.29 is 22.8 Å². The van der Waals surface area contributed by atoms with Crippen molar-refractivity contribution >= 4 is 11.8 Å². The summed E-state index contributed by atoms with van der Waals surface area (Å²) < 4.78 is 39.1. The molecule has 1 aliphatic rings. The van der Waals surface area contributed by atoms with Gasteiger partial charge in [-0.3, -0.25) is 14.5 Å². The maximum absolute atomic E-state index is 13.0. The number of unbranched alkanes of at least 4 members (excludes halogenated alkanes) is 1. The molecule has 1 atom stereocenters. The molecule has 1 unspecified atom stereocenters. The van der Waals surface area contributed by atoms with E-state index >= 15 is 0 Å². The molecule has 0 aromatic heterocycles. The summed E-state index contributed by atoms with van der Waals surface area (Å²) >= 11 is 0. The Labute approximate surface area is 120 Å². The molecule has 0 bridgehead atoms. The van der Waals surface area contributed by atoms with E-state index in [1.807, 2.05) is 0 Å². The minimum absolute atomic E-state index is 0.0760. The van der Waals surface area contributed by atoms with Crippen LogP contribution in [-0.4, -0.2) is 29.4 Å². The van der Waals surface area contributed by atoms with Gasteiger partial charge in [-0.15, -0.1) is 0 Å². The number of carbonyl (C=O) groups excluding carboxylic acids is 2. The average Bonchev–Trinajstić information content (AvgIpc) is 2.67. The van der Waals surface area contributed by atoms with Gasteiger partial charge in [-0.25, -0.2) is 0 Å². The molecule has 114 valence electrons. The molecule has 0 fully saturated rings. The standard InChI is InChI=1S/C15H16F3NO2/c1-2-3-6-10(15(16,17)18)9-19-13(20)11-7-4-5-8-12(11)14(19)21/h4-5,7-8,10H,2-3,6,9H2,1H3. The number of benzene rings is 1. The number of fused-ring (bicyclic) bond motifs is 1. The van der Waals surface area contributed by atoms with Gasteiger partial charge >= 0.3 is 6.18 Å².